The van der Waals surface area contributed by atoms with Gasteiger partial charge in [-0.25, -0.2) is 8.42 Å². The van der Waals surface area contributed by atoms with Gasteiger partial charge in [0.2, 0.25) is 0 Å². The van der Waals surface area contributed by atoms with Crippen molar-refractivity contribution in [3.05, 3.63) is 58.1 Å². The lowest BCUT2D eigenvalue weighted by atomic mass is 10.1. The first-order chi connectivity index (χ1) is 10.8. The van der Waals surface area contributed by atoms with Crippen molar-refractivity contribution in [3.63, 3.8) is 0 Å². The van der Waals surface area contributed by atoms with Crippen molar-refractivity contribution in [2.45, 2.75) is 17.7 Å². The summed E-state index contributed by atoms with van der Waals surface area (Å²) in [7, 11) is -3.82. The molecule has 0 aliphatic carbocycles. The van der Waals surface area contributed by atoms with Gasteiger partial charge < -0.3 is 9.90 Å². The molecule has 0 spiro atoms. The third kappa shape index (κ3) is 4.86. The Morgan fingerprint density at radius 3 is 2.35 bits per heavy atom. The summed E-state index contributed by atoms with van der Waals surface area (Å²) < 4.78 is 27.0. The predicted octanol–water partition coefficient (Wildman–Crippen LogP) is 2.48. The smallest absolute Gasteiger partial charge is 0.261 e. The number of hydrogen-bond donors (Lipinski definition) is 1. The fourth-order valence-electron chi connectivity index (χ4n) is 1.86. The van der Waals surface area contributed by atoms with E-state index in [0.29, 0.717) is 10.6 Å². The molecule has 0 radical (unpaired) electrons. The maximum Gasteiger partial charge on any atom is 0.261 e. The summed E-state index contributed by atoms with van der Waals surface area (Å²) in [6.45, 7) is 0. The molecule has 5 nitrogen and oxygen atoms in total. The molecule has 0 bridgehead atoms. The Labute approximate surface area is 143 Å². The highest BCUT2D eigenvalue weighted by atomic mass is 35.5. The minimum Gasteiger partial charge on any atom is -0.550 e. The van der Waals surface area contributed by atoms with E-state index >= 15 is 0 Å². The number of aliphatic carboxylic acids is 1. The summed E-state index contributed by atoms with van der Waals surface area (Å²) in [5.41, 5.74) is 0.883. The van der Waals surface area contributed by atoms with Gasteiger partial charge in [-0.05, 0) is 48.7 Å². The number of nitrogens with one attached hydrogen (secondary N) is 1. The van der Waals surface area contributed by atoms with Gasteiger partial charge in [0, 0.05) is 11.0 Å². The Balaban J connectivity index is 2.19. The molecule has 0 fully saturated rings. The molecule has 2 aromatic carbocycles. The normalized spacial score (nSPS) is 11.2. The summed E-state index contributed by atoms with van der Waals surface area (Å²) in [6, 6.07) is 10.3. The van der Waals surface area contributed by atoms with Crippen molar-refractivity contribution < 1.29 is 18.3 Å². The van der Waals surface area contributed by atoms with E-state index in [4.69, 9.17) is 23.2 Å². The second kappa shape index (κ2) is 7.21. The topological polar surface area (TPSA) is 86.3 Å². The van der Waals surface area contributed by atoms with Crippen LogP contribution < -0.4 is 9.83 Å². The van der Waals surface area contributed by atoms with E-state index in [-0.39, 0.29) is 28.4 Å². The first-order valence-corrected chi connectivity index (χ1v) is 8.78. The Morgan fingerprint density at radius 2 is 1.74 bits per heavy atom. The second-order valence-electron chi connectivity index (χ2n) is 4.75. The number of carboxylic acid groups (broad SMARTS) is 1. The molecule has 8 heteroatoms. The van der Waals surface area contributed by atoms with Crippen LogP contribution >= 0.6 is 23.2 Å². The highest BCUT2D eigenvalue weighted by Crippen LogP contribution is 2.27. The van der Waals surface area contributed by atoms with E-state index in [0.717, 1.165) is 0 Å². The third-order valence-corrected chi connectivity index (χ3v) is 4.97. The van der Waals surface area contributed by atoms with Crippen molar-refractivity contribution in [2.24, 2.45) is 0 Å². The molecule has 122 valence electrons. The van der Waals surface area contributed by atoms with Crippen molar-refractivity contribution in [1.82, 2.24) is 0 Å². The highest BCUT2D eigenvalue weighted by Gasteiger charge is 2.16. The summed E-state index contributed by atoms with van der Waals surface area (Å²) in [5.74, 6) is -1.15. The van der Waals surface area contributed by atoms with Crippen molar-refractivity contribution in [3.8, 4) is 0 Å². The quantitative estimate of drug-likeness (QED) is 0.843. The molecule has 23 heavy (non-hydrogen) atoms. The minimum atomic E-state index is -3.82. The standard InChI is InChI=1S/C15H13Cl2NO4S/c16-11-4-7-13(17)14(9-11)18-23(21,22)12-5-1-10(2-6-12)3-8-15(19)20/h1-2,4-7,9,18H,3,8H2,(H,19,20)/p-1. The van der Waals surface area contributed by atoms with Crippen LogP contribution in [-0.4, -0.2) is 14.4 Å². The number of anilines is 1. The molecule has 0 aromatic heterocycles. The molecule has 0 unspecified atom stereocenters. The van der Waals surface area contributed by atoms with Gasteiger partial charge in [0.25, 0.3) is 10.0 Å². The molecular formula is C15H12Cl2NO4S-. The van der Waals surface area contributed by atoms with Gasteiger partial charge in [-0.3, -0.25) is 4.72 Å². The van der Waals surface area contributed by atoms with Crippen LogP contribution in [0, 0.1) is 0 Å². The maximum absolute atomic E-state index is 12.3. The molecule has 1 N–H and O–H groups in total. The van der Waals surface area contributed by atoms with Crippen LogP contribution in [0.2, 0.25) is 10.0 Å². The van der Waals surface area contributed by atoms with Gasteiger partial charge in [-0.1, -0.05) is 35.3 Å². The Bertz CT molecular complexity index is 820. The van der Waals surface area contributed by atoms with Gasteiger partial charge in [-0.2, -0.15) is 0 Å². The third-order valence-electron chi connectivity index (χ3n) is 3.02. The Hall–Kier alpha value is -1.76. The number of carbonyl (C=O) groups is 1. The first-order valence-electron chi connectivity index (χ1n) is 6.54. The highest BCUT2D eigenvalue weighted by molar-refractivity contribution is 7.92. The number of carbonyl (C=O) groups excluding carboxylic acids is 1. The average molecular weight is 373 g/mol. The summed E-state index contributed by atoms with van der Waals surface area (Å²) >= 11 is 11.8. The summed E-state index contributed by atoms with van der Waals surface area (Å²) in [6.07, 6.45) is 0.151. The zero-order chi connectivity index (χ0) is 17.0. The van der Waals surface area contributed by atoms with Crippen molar-refractivity contribution in [2.75, 3.05) is 4.72 Å². The second-order valence-corrected chi connectivity index (χ2v) is 7.27. The van der Waals surface area contributed by atoms with Crippen LogP contribution in [0.5, 0.6) is 0 Å². The van der Waals surface area contributed by atoms with Crippen LogP contribution in [0.15, 0.2) is 47.4 Å². The molecule has 0 amide bonds. The maximum atomic E-state index is 12.3. The number of benzene rings is 2. The molecule has 0 aliphatic rings. The van der Waals surface area contributed by atoms with Gasteiger partial charge in [-0.15, -0.1) is 0 Å². The lowest BCUT2D eigenvalue weighted by molar-refractivity contribution is -0.305. The average Bonchev–Trinajstić information content (AvgIpc) is 2.49. The zero-order valence-electron chi connectivity index (χ0n) is 11.8. The fraction of sp³-hybridized carbons (Fsp3) is 0.133. The van der Waals surface area contributed by atoms with Crippen LogP contribution in [0.1, 0.15) is 12.0 Å². The summed E-state index contributed by atoms with van der Waals surface area (Å²) in [4.78, 5) is 10.5. The molecule has 0 atom stereocenters. The Morgan fingerprint density at radius 1 is 1.09 bits per heavy atom. The number of aryl methyl sites for hydroxylation is 1. The fourth-order valence-corrected chi connectivity index (χ4v) is 3.32. The number of carboxylic acids is 1. The van der Waals surface area contributed by atoms with Gasteiger partial charge in [0.1, 0.15) is 0 Å². The lowest BCUT2D eigenvalue weighted by Gasteiger charge is -2.10. The van der Waals surface area contributed by atoms with Crippen LogP contribution in [0.3, 0.4) is 0 Å². The summed E-state index contributed by atoms with van der Waals surface area (Å²) in [5, 5.41) is 11.0. The van der Waals surface area contributed by atoms with Crippen molar-refractivity contribution in [1.29, 1.82) is 0 Å². The van der Waals surface area contributed by atoms with Crippen LogP contribution in [-0.2, 0) is 21.2 Å². The van der Waals surface area contributed by atoms with E-state index in [1.807, 2.05) is 0 Å². The number of sulfonamides is 1. The Kier molecular flexibility index (Phi) is 5.51. The molecule has 0 saturated heterocycles. The van der Waals surface area contributed by atoms with E-state index in [1.54, 1.807) is 18.2 Å². The van der Waals surface area contributed by atoms with Gasteiger partial charge in [0.05, 0.1) is 15.6 Å². The monoisotopic (exact) mass is 372 g/mol. The van der Waals surface area contributed by atoms with Crippen molar-refractivity contribution >= 4 is 44.9 Å². The van der Waals surface area contributed by atoms with E-state index in [1.165, 1.54) is 24.3 Å². The molecule has 2 rings (SSSR count). The number of hydrogen-bond acceptors (Lipinski definition) is 4. The van der Waals surface area contributed by atoms with E-state index in [9.17, 15) is 18.3 Å². The number of halogens is 2. The SMILES string of the molecule is O=C([O-])CCc1ccc(S(=O)(=O)Nc2cc(Cl)ccc2Cl)cc1. The first kappa shape index (κ1) is 17.6. The molecule has 0 saturated carbocycles. The molecule has 2 aromatic rings. The molecule has 0 aliphatic heterocycles. The largest absolute Gasteiger partial charge is 0.550 e. The predicted molar refractivity (Wildman–Crippen MR) is 87.0 cm³/mol. The van der Waals surface area contributed by atoms with E-state index < -0.39 is 16.0 Å². The van der Waals surface area contributed by atoms with E-state index in [2.05, 4.69) is 4.72 Å². The zero-order valence-corrected chi connectivity index (χ0v) is 14.1. The molecular weight excluding hydrogens is 361 g/mol. The molecule has 0 heterocycles. The minimum absolute atomic E-state index is 0.0331. The number of rotatable bonds is 6. The van der Waals surface area contributed by atoms with Crippen LogP contribution in [0.25, 0.3) is 0 Å². The van der Waals surface area contributed by atoms with Crippen LogP contribution in [0.4, 0.5) is 5.69 Å². The van der Waals surface area contributed by atoms with Gasteiger partial charge in [0.15, 0.2) is 0 Å². The lowest BCUT2D eigenvalue weighted by Crippen LogP contribution is -2.22. The van der Waals surface area contributed by atoms with Gasteiger partial charge >= 0.3 is 0 Å².